The Morgan fingerprint density at radius 1 is 1.26 bits per heavy atom. The molecule has 0 spiro atoms. The molecule has 122 valence electrons. The van der Waals surface area contributed by atoms with Crippen LogP contribution in [0.4, 0.5) is 0 Å². The molecule has 23 heavy (non-hydrogen) atoms. The second-order valence-corrected chi connectivity index (χ2v) is 5.73. The molecule has 2 aromatic rings. The number of fused-ring (bicyclic) bond motifs is 1. The van der Waals surface area contributed by atoms with Gasteiger partial charge in [-0.15, -0.1) is 0 Å². The fraction of sp³-hybridized carbons (Fsp3) is 0.389. The number of hydrogen-bond donors (Lipinski definition) is 1. The molecule has 1 heterocycles. The monoisotopic (exact) mass is 314 g/mol. The van der Waals surface area contributed by atoms with Crippen molar-refractivity contribution in [3.63, 3.8) is 0 Å². The summed E-state index contributed by atoms with van der Waals surface area (Å²) in [5, 5.41) is 3.44. The van der Waals surface area contributed by atoms with Gasteiger partial charge in [0.15, 0.2) is 6.61 Å². The molecule has 0 aliphatic rings. The van der Waals surface area contributed by atoms with Gasteiger partial charge in [-0.3, -0.25) is 9.78 Å². The topological polar surface area (TPSA) is 68.3 Å². The third-order valence-electron chi connectivity index (χ3n) is 3.56. The molecule has 1 aromatic carbocycles. The van der Waals surface area contributed by atoms with E-state index in [0.29, 0.717) is 5.56 Å². The fourth-order valence-electron chi connectivity index (χ4n) is 2.53. The minimum atomic E-state index is -0.491. The Balaban J connectivity index is 2.32. The summed E-state index contributed by atoms with van der Waals surface area (Å²) in [7, 11) is 0. The van der Waals surface area contributed by atoms with E-state index in [9.17, 15) is 9.59 Å². The van der Waals surface area contributed by atoms with E-state index in [-0.39, 0.29) is 18.6 Å². The molecular weight excluding hydrogens is 292 g/mol. The normalized spacial score (nSPS) is 10.8. The number of hydrogen-bond acceptors (Lipinski definition) is 4. The standard InChI is InChI=1S/C18H22N2O3/c1-5-14-12(4)17(13-8-6-7-9-15(13)20-14)18(22)23-10-16(21)19-11(2)3/h6-9,11H,5,10H2,1-4H3,(H,19,21). The number of aryl methyl sites for hydroxylation is 1. The Kier molecular flexibility index (Phi) is 5.32. The minimum Gasteiger partial charge on any atom is -0.452 e. The summed E-state index contributed by atoms with van der Waals surface area (Å²) in [6.45, 7) is 7.29. The van der Waals surface area contributed by atoms with Gasteiger partial charge in [-0.05, 0) is 38.8 Å². The molecule has 1 aromatic heterocycles. The van der Waals surface area contributed by atoms with E-state index in [2.05, 4.69) is 10.3 Å². The highest BCUT2D eigenvalue weighted by Gasteiger charge is 2.19. The van der Waals surface area contributed by atoms with Crippen molar-refractivity contribution in [2.75, 3.05) is 6.61 Å². The summed E-state index contributed by atoms with van der Waals surface area (Å²) in [6.07, 6.45) is 0.727. The van der Waals surface area contributed by atoms with Crippen molar-refractivity contribution in [1.82, 2.24) is 10.3 Å². The number of para-hydroxylation sites is 1. The highest BCUT2D eigenvalue weighted by Crippen LogP contribution is 2.24. The van der Waals surface area contributed by atoms with Crippen molar-refractivity contribution >= 4 is 22.8 Å². The Labute approximate surface area is 136 Å². The van der Waals surface area contributed by atoms with Gasteiger partial charge in [0.1, 0.15) is 0 Å². The van der Waals surface area contributed by atoms with Crippen LogP contribution in [0.2, 0.25) is 0 Å². The smallest absolute Gasteiger partial charge is 0.339 e. The maximum Gasteiger partial charge on any atom is 0.339 e. The molecule has 5 heteroatoms. The zero-order valence-corrected chi connectivity index (χ0v) is 14.0. The Morgan fingerprint density at radius 2 is 1.96 bits per heavy atom. The summed E-state index contributed by atoms with van der Waals surface area (Å²) in [6, 6.07) is 7.47. The highest BCUT2D eigenvalue weighted by molar-refractivity contribution is 6.05. The number of carbonyl (C=O) groups excluding carboxylic acids is 2. The third kappa shape index (κ3) is 3.86. The van der Waals surface area contributed by atoms with Crippen molar-refractivity contribution in [2.24, 2.45) is 0 Å². The van der Waals surface area contributed by atoms with Gasteiger partial charge >= 0.3 is 5.97 Å². The minimum absolute atomic E-state index is 0.0105. The first-order valence-corrected chi connectivity index (χ1v) is 7.78. The number of amides is 1. The maximum absolute atomic E-state index is 12.5. The molecule has 1 amide bonds. The number of carbonyl (C=O) groups is 2. The number of nitrogens with one attached hydrogen (secondary N) is 1. The summed E-state index contributed by atoms with van der Waals surface area (Å²) in [4.78, 5) is 28.8. The lowest BCUT2D eigenvalue weighted by molar-refractivity contribution is -0.124. The Hall–Kier alpha value is -2.43. The first-order chi connectivity index (χ1) is 10.9. The third-order valence-corrected chi connectivity index (χ3v) is 3.56. The van der Waals surface area contributed by atoms with Crippen LogP contribution in [0.1, 0.15) is 42.4 Å². The second-order valence-electron chi connectivity index (χ2n) is 5.73. The van der Waals surface area contributed by atoms with Crippen molar-refractivity contribution < 1.29 is 14.3 Å². The molecule has 0 fully saturated rings. The predicted octanol–water partition coefficient (Wildman–Crippen LogP) is 2.79. The number of aromatic nitrogens is 1. The quantitative estimate of drug-likeness (QED) is 0.862. The summed E-state index contributed by atoms with van der Waals surface area (Å²) in [5.74, 6) is -0.796. The van der Waals surface area contributed by atoms with Crippen LogP contribution in [0.15, 0.2) is 24.3 Å². The highest BCUT2D eigenvalue weighted by atomic mass is 16.5. The summed E-state index contributed by atoms with van der Waals surface area (Å²) < 4.78 is 5.20. The number of ether oxygens (including phenoxy) is 1. The summed E-state index contributed by atoms with van der Waals surface area (Å²) in [5.41, 5.74) is 2.92. The number of rotatable bonds is 5. The molecular formula is C18H22N2O3. The van der Waals surface area contributed by atoms with Crippen LogP contribution in [0.5, 0.6) is 0 Å². The van der Waals surface area contributed by atoms with Crippen molar-refractivity contribution in [2.45, 2.75) is 40.2 Å². The lowest BCUT2D eigenvalue weighted by atomic mass is 10.0. The van der Waals surface area contributed by atoms with Gasteiger partial charge in [-0.25, -0.2) is 4.79 Å². The number of benzene rings is 1. The first kappa shape index (κ1) is 16.9. The fourth-order valence-corrected chi connectivity index (χ4v) is 2.53. The van der Waals surface area contributed by atoms with Crippen LogP contribution in [-0.4, -0.2) is 29.5 Å². The Bertz CT molecular complexity index is 738. The average molecular weight is 314 g/mol. The molecule has 0 saturated carbocycles. The van der Waals surface area contributed by atoms with E-state index in [4.69, 9.17) is 4.74 Å². The van der Waals surface area contributed by atoms with E-state index in [0.717, 1.165) is 28.6 Å². The second kappa shape index (κ2) is 7.22. The zero-order chi connectivity index (χ0) is 17.0. The first-order valence-electron chi connectivity index (χ1n) is 7.78. The van der Waals surface area contributed by atoms with Crippen LogP contribution in [-0.2, 0) is 16.0 Å². The van der Waals surface area contributed by atoms with E-state index < -0.39 is 5.97 Å². The predicted molar refractivity (Wildman–Crippen MR) is 89.4 cm³/mol. The lowest BCUT2D eigenvalue weighted by Crippen LogP contribution is -2.34. The van der Waals surface area contributed by atoms with Crippen molar-refractivity contribution in [1.29, 1.82) is 0 Å². The van der Waals surface area contributed by atoms with Crippen LogP contribution >= 0.6 is 0 Å². The van der Waals surface area contributed by atoms with E-state index in [1.54, 1.807) is 0 Å². The molecule has 0 aliphatic heterocycles. The molecule has 1 N–H and O–H groups in total. The summed E-state index contributed by atoms with van der Waals surface area (Å²) >= 11 is 0. The van der Waals surface area contributed by atoms with E-state index in [1.807, 2.05) is 52.0 Å². The van der Waals surface area contributed by atoms with Crippen LogP contribution < -0.4 is 5.32 Å². The van der Waals surface area contributed by atoms with Gasteiger partial charge in [0.25, 0.3) is 5.91 Å². The van der Waals surface area contributed by atoms with E-state index in [1.165, 1.54) is 0 Å². The molecule has 0 saturated heterocycles. The SMILES string of the molecule is CCc1nc2ccccc2c(C(=O)OCC(=O)NC(C)C)c1C. The van der Waals surface area contributed by atoms with E-state index >= 15 is 0 Å². The number of pyridine rings is 1. The molecule has 5 nitrogen and oxygen atoms in total. The van der Waals surface area contributed by atoms with Crippen molar-refractivity contribution in [3.05, 3.63) is 41.1 Å². The molecule has 0 aliphatic carbocycles. The Morgan fingerprint density at radius 3 is 2.61 bits per heavy atom. The van der Waals surface area contributed by atoms with Gasteiger partial charge in [0.2, 0.25) is 0 Å². The van der Waals surface area contributed by atoms with Crippen LogP contribution in [0.25, 0.3) is 10.9 Å². The zero-order valence-electron chi connectivity index (χ0n) is 14.0. The molecule has 0 unspecified atom stereocenters. The number of esters is 1. The van der Waals surface area contributed by atoms with Gasteiger partial charge in [0, 0.05) is 17.1 Å². The van der Waals surface area contributed by atoms with Gasteiger partial charge in [-0.1, -0.05) is 25.1 Å². The maximum atomic E-state index is 12.5. The average Bonchev–Trinajstić information content (AvgIpc) is 2.51. The van der Waals surface area contributed by atoms with Crippen molar-refractivity contribution in [3.8, 4) is 0 Å². The molecule has 2 rings (SSSR count). The molecule has 0 atom stereocenters. The van der Waals surface area contributed by atoms with Crippen LogP contribution in [0, 0.1) is 6.92 Å². The largest absolute Gasteiger partial charge is 0.452 e. The van der Waals surface area contributed by atoms with Gasteiger partial charge in [0.05, 0.1) is 11.1 Å². The lowest BCUT2D eigenvalue weighted by Gasteiger charge is -2.13. The van der Waals surface area contributed by atoms with Crippen LogP contribution in [0.3, 0.4) is 0 Å². The molecule has 0 radical (unpaired) electrons. The van der Waals surface area contributed by atoms with Gasteiger partial charge < -0.3 is 10.1 Å². The molecule has 0 bridgehead atoms. The number of nitrogens with zero attached hydrogens (tertiary/aromatic N) is 1. The van der Waals surface area contributed by atoms with Gasteiger partial charge in [-0.2, -0.15) is 0 Å².